The Kier molecular flexibility index (Phi) is 19.2. The number of nitrogen functional groups attached to an aromatic ring is 1. The average Bonchev–Trinajstić information content (AvgIpc) is 3.15. The van der Waals surface area contributed by atoms with Crippen LogP contribution in [-0.4, -0.2) is 9.85 Å². The summed E-state index contributed by atoms with van der Waals surface area (Å²) in [7, 11) is 0. The van der Waals surface area contributed by atoms with E-state index in [1.807, 2.05) is 91.0 Å². The molecule has 0 bridgehead atoms. The second-order valence-corrected chi connectivity index (χ2v) is 13.7. The minimum atomic E-state index is -0.814. The SMILES string of the molecule is CC(C)c1cccc(C(C)C)c1N.CC(C)c1ccccc1Nc1cc(-c2ccccc2)ccc1[N+](=O)[O-].O=[N+]([O-])c1ccc(-c2ccccc2)cc1F.[F-].[K+]. The van der Waals surface area contributed by atoms with Gasteiger partial charge in [0.15, 0.2) is 0 Å². The van der Waals surface area contributed by atoms with Gasteiger partial charge in [-0.3, -0.25) is 20.2 Å². The molecule has 0 amide bonds. The minimum absolute atomic E-state index is 0. The number of nitrogens with one attached hydrogen (secondary N) is 1. The molecule has 0 unspecified atom stereocenters. The van der Waals surface area contributed by atoms with E-state index in [1.165, 1.54) is 29.3 Å². The van der Waals surface area contributed by atoms with Gasteiger partial charge >= 0.3 is 57.1 Å². The molecule has 286 valence electrons. The molecule has 6 aromatic rings. The first-order valence-electron chi connectivity index (χ1n) is 17.9. The number of nitro benzene ring substituents is 2. The molecule has 3 N–H and O–H groups in total. The Labute approximate surface area is 370 Å². The van der Waals surface area contributed by atoms with Crippen LogP contribution < -0.4 is 67.1 Å². The molecule has 0 aromatic heterocycles. The largest absolute Gasteiger partial charge is 1.00 e. The molecule has 0 aliphatic heterocycles. The van der Waals surface area contributed by atoms with Crippen molar-refractivity contribution in [2.45, 2.75) is 59.3 Å². The van der Waals surface area contributed by atoms with Gasteiger partial charge in [-0.05, 0) is 87.0 Å². The van der Waals surface area contributed by atoms with Crippen molar-refractivity contribution in [1.29, 1.82) is 0 Å². The molecule has 0 saturated carbocycles. The first-order valence-corrected chi connectivity index (χ1v) is 17.9. The number of rotatable bonds is 9. The summed E-state index contributed by atoms with van der Waals surface area (Å²) in [6, 6.07) is 42.3. The Morgan fingerprint density at radius 3 is 1.38 bits per heavy atom. The van der Waals surface area contributed by atoms with Gasteiger partial charge in [-0.15, -0.1) is 0 Å². The van der Waals surface area contributed by atoms with Crippen molar-refractivity contribution < 1.29 is 70.3 Å². The number of hydrogen-bond donors (Lipinski definition) is 2. The summed E-state index contributed by atoms with van der Waals surface area (Å²) in [5, 5.41) is 25.2. The maximum Gasteiger partial charge on any atom is 1.00 e. The molecule has 56 heavy (non-hydrogen) atoms. The van der Waals surface area contributed by atoms with E-state index in [0.29, 0.717) is 29.0 Å². The molecule has 6 aromatic carbocycles. The fourth-order valence-electron chi connectivity index (χ4n) is 5.94. The maximum atomic E-state index is 13.3. The molecular formula is C45H47F2KN4O4. The van der Waals surface area contributed by atoms with Crippen LogP contribution in [0.5, 0.6) is 0 Å². The van der Waals surface area contributed by atoms with E-state index < -0.39 is 16.4 Å². The van der Waals surface area contributed by atoms with Crippen LogP contribution in [-0.2, 0) is 0 Å². The zero-order chi connectivity index (χ0) is 39.4. The van der Waals surface area contributed by atoms with Crippen LogP contribution in [0.2, 0.25) is 0 Å². The maximum absolute atomic E-state index is 13.3. The Bertz CT molecular complexity index is 2160. The summed E-state index contributed by atoms with van der Waals surface area (Å²) in [5.74, 6) is 0.531. The third kappa shape index (κ3) is 12.9. The number of halogens is 2. The number of benzene rings is 6. The molecule has 0 fully saturated rings. The fourth-order valence-corrected chi connectivity index (χ4v) is 5.94. The van der Waals surface area contributed by atoms with E-state index in [9.17, 15) is 24.6 Å². The molecular weight excluding hydrogens is 738 g/mol. The summed E-state index contributed by atoms with van der Waals surface area (Å²) in [6.45, 7) is 12.9. The Morgan fingerprint density at radius 2 is 0.929 bits per heavy atom. The van der Waals surface area contributed by atoms with E-state index in [1.54, 1.807) is 12.1 Å². The van der Waals surface area contributed by atoms with E-state index in [2.05, 4.69) is 65.1 Å². The number of nitro groups is 2. The Hall–Kier alpha value is -4.78. The molecule has 0 aliphatic carbocycles. The number of para-hydroxylation sites is 2. The summed E-state index contributed by atoms with van der Waals surface area (Å²) in [6.07, 6.45) is 0. The van der Waals surface area contributed by atoms with E-state index in [4.69, 9.17) is 5.73 Å². The molecule has 0 radical (unpaired) electrons. The van der Waals surface area contributed by atoms with Crippen LogP contribution in [0.1, 0.15) is 76.0 Å². The normalized spacial score (nSPS) is 10.2. The van der Waals surface area contributed by atoms with Crippen molar-refractivity contribution in [3.05, 3.63) is 182 Å². The summed E-state index contributed by atoms with van der Waals surface area (Å²) >= 11 is 0. The average molecular weight is 785 g/mol. The monoisotopic (exact) mass is 784 g/mol. The zero-order valence-electron chi connectivity index (χ0n) is 32.9. The van der Waals surface area contributed by atoms with Gasteiger partial charge in [0, 0.05) is 23.5 Å². The van der Waals surface area contributed by atoms with Crippen molar-refractivity contribution in [3.8, 4) is 22.3 Å². The smallest absolute Gasteiger partial charge is 1.00 e. The molecule has 0 atom stereocenters. The third-order valence-electron chi connectivity index (χ3n) is 8.82. The van der Waals surface area contributed by atoms with E-state index in [0.717, 1.165) is 33.6 Å². The van der Waals surface area contributed by atoms with Crippen LogP contribution in [0.25, 0.3) is 22.3 Å². The Morgan fingerprint density at radius 1 is 0.518 bits per heavy atom. The van der Waals surface area contributed by atoms with Gasteiger partial charge in [0.2, 0.25) is 5.82 Å². The van der Waals surface area contributed by atoms with Crippen molar-refractivity contribution in [2.24, 2.45) is 0 Å². The molecule has 6 rings (SSSR count). The van der Waals surface area contributed by atoms with Gasteiger partial charge in [-0.2, -0.15) is 4.39 Å². The first kappa shape index (κ1) is 47.4. The minimum Gasteiger partial charge on any atom is -1.00 e. The van der Waals surface area contributed by atoms with Crippen LogP contribution in [0.4, 0.5) is 32.8 Å². The number of nitrogens with two attached hydrogens (primary N) is 1. The van der Waals surface area contributed by atoms with Crippen molar-refractivity contribution in [1.82, 2.24) is 0 Å². The third-order valence-corrected chi connectivity index (χ3v) is 8.82. The topological polar surface area (TPSA) is 124 Å². The number of nitrogens with zero attached hydrogens (tertiary/aromatic N) is 2. The van der Waals surface area contributed by atoms with Gasteiger partial charge in [-0.25, -0.2) is 0 Å². The predicted octanol–water partition coefficient (Wildman–Crippen LogP) is 7.05. The van der Waals surface area contributed by atoms with Crippen LogP contribution in [0.3, 0.4) is 0 Å². The van der Waals surface area contributed by atoms with Crippen LogP contribution in [0, 0.1) is 26.0 Å². The van der Waals surface area contributed by atoms with Gasteiger partial charge in [0.25, 0.3) is 5.69 Å². The molecule has 8 nitrogen and oxygen atoms in total. The molecule has 0 heterocycles. The summed E-state index contributed by atoms with van der Waals surface area (Å²) in [4.78, 5) is 20.8. The second-order valence-electron chi connectivity index (χ2n) is 13.7. The molecule has 0 saturated heterocycles. The van der Waals surface area contributed by atoms with E-state index in [-0.39, 0.29) is 66.7 Å². The van der Waals surface area contributed by atoms with Gasteiger partial charge < -0.3 is 15.8 Å². The van der Waals surface area contributed by atoms with Crippen LogP contribution in [0.15, 0.2) is 140 Å². The van der Waals surface area contributed by atoms with Crippen LogP contribution >= 0.6 is 0 Å². The summed E-state index contributed by atoms with van der Waals surface area (Å²) in [5.41, 5.74) is 15.1. The number of anilines is 3. The zero-order valence-corrected chi connectivity index (χ0v) is 36.0. The fraction of sp³-hybridized carbons (Fsp3) is 0.200. The number of hydrogen-bond acceptors (Lipinski definition) is 6. The quantitative estimate of drug-likeness (QED) is 0.0701. The molecule has 0 spiro atoms. The first-order chi connectivity index (χ1) is 25.8. The molecule has 11 heteroatoms. The second kappa shape index (κ2) is 22.7. The standard InChI is InChI=1S/C21H20N2O2.C12H8FNO2.C12H19N.FH.K/c1-15(2)18-10-6-7-11-19(18)22-20-14-17(12-13-21(20)23(24)25)16-8-4-3-5-9-16;13-11-8-10(6-7-12(11)14(15)16)9-4-2-1-3-5-9;1-8(2)10-6-5-7-11(9(3)4)12(10)13;;/h3-15,22H,1-2H3;1-8H;5-9H,13H2,1-4H3;1H;/q;;;;+1/p-1. The van der Waals surface area contributed by atoms with Gasteiger partial charge in [0.05, 0.1) is 9.85 Å². The van der Waals surface area contributed by atoms with E-state index >= 15 is 0 Å². The summed E-state index contributed by atoms with van der Waals surface area (Å²) < 4.78 is 13.3. The Balaban J connectivity index is 0.000000304. The van der Waals surface area contributed by atoms with Gasteiger partial charge in [-0.1, -0.05) is 139 Å². The predicted molar refractivity (Wildman–Crippen MR) is 220 cm³/mol. The molecule has 0 aliphatic rings. The van der Waals surface area contributed by atoms with Crippen molar-refractivity contribution in [3.63, 3.8) is 0 Å². The van der Waals surface area contributed by atoms with Crippen molar-refractivity contribution >= 4 is 28.4 Å². The van der Waals surface area contributed by atoms with Gasteiger partial charge in [0.1, 0.15) is 5.69 Å². The van der Waals surface area contributed by atoms with Crippen molar-refractivity contribution in [2.75, 3.05) is 11.1 Å².